The Bertz CT molecular complexity index is 58.6. The summed E-state index contributed by atoms with van der Waals surface area (Å²) in [7, 11) is 0. The SMILES string of the molecule is [CH2]CC(C)=NO. The molecule has 2 nitrogen and oxygen atoms in total. The zero-order chi connectivity index (χ0) is 4.99. The molecule has 0 spiro atoms. The maximum atomic E-state index is 7.88. The molecule has 0 heterocycles. The lowest BCUT2D eigenvalue weighted by Crippen LogP contribution is -1.83. The third-order valence-electron chi connectivity index (χ3n) is 0.533. The molecule has 6 heavy (non-hydrogen) atoms. The van der Waals surface area contributed by atoms with Crippen LogP contribution in [0.4, 0.5) is 0 Å². The zero-order valence-corrected chi connectivity index (χ0v) is 3.81. The van der Waals surface area contributed by atoms with E-state index in [9.17, 15) is 0 Å². The minimum Gasteiger partial charge on any atom is -0.411 e. The fourth-order valence-corrected chi connectivity index (χ4v) is 0.0500. The summed E-state index contributed by atoms with van der Waals surface area (Å²) in [6.45, 7) is 5.18. The Morgan fingerprint density at radius 3 is 2.50 bits per heavy atom. The van der Waals surface area contributed by atoms with Crippen LogP contribution in [-0.2, 0) is 0 Å². The largest absolute Gasteiger partial charge is 0.411 e. The van der Waals surface area contributed by atoms with E-state index in [4.69, 9.17) is 5.21 Å². The third-order valence-corrected chi connectivity index (χ3v) is 0.533. The van der Waals surface area contributed by atoms with Crippen LogP contribution in [0.3, 0.4) is 0 Å². The molecule has 0 aromatic rings. The highest BCUT2D eigenvalue weighted by Gasteiger charge is 1.78. The van der Waals surface area contributed by atoms with Crippen molar-refractivity contribution in [2.45, 2.75) is 13.3 Å². The fourth-order valence-electron chi connectivity index (χ4n) is 0.0500. The van der Waals surface area contributed by atoms with Gasteiger partial charge in [-0.05, 0) is 20.3 Å². The van der Waals surface area contributed by atoms with E-state index in [1.165, 1.54) is 0 Å². The van der Waals surface area contributed by atoms with Crippen molar-refractivity contribution in [3.05, 3.63) is 6.92 Å². The molecule has 0 rings (SSSR count). The zero-order valence-electron chi connectivity index (χ0n) is 3.81. The van der Waals surface area contributed by atoms with Gasteiger partial charge in [0.25, 0.3) is 0 Å². The predicted octanol–water partition coefficient (Wildman–Crippen LogP) is 1.06. The van der Waals surface area contributed by atoms with Crippen LogP contribution in [0.5, 0.6) is 0 Å². The number of hydrogen-bond donors (Lipinski definition) is 1. The van der Waals surface area contributed by atoms with Gasteiger partial charge in [0.15, 0.2) is 0 Å². The average molecular weight is 86.1 g/mol. The van der Waals surface area contributed by atoms with Crippen molar-refractivity contribution in [1.29, 1.82) is 0 Å². The van der Waals surface area contributed by atoms with Crippen LogP contribution < -0.4 is 0 Å². The van der Waals surface area contributed by atoms with Gasteiger partial charge in [-0.2, -0.15) is 0 Å². The first-order chi connectivity index (χ1) is 2.81. The first-order valence-corrected chi connectivity index (χ1v) is 1.78. The highest BCUT2D eigenvalue weighted by atomic mass is 16.4. The lowest BCUT2D eigenvalue weighted by Gasteiger charge is -1.81. The van der Waals surface area contributed by atoms with Crippen molar-refractivity contribution < 1.29 is 5.21 Å². The van der Waals surface area contributed by atoms with E-state index < -0.39 is 0 Å². The van der Waals surface area contributed by atoms with Gasteiger partial charge in [0.1, 0.15) is 0 Å². The van der Waals surface area contributed by atoms with Crippen LogP contribution in [0.1, 0.15) is 13.3 Å². The second-order valence-electron chi connectivity index (χ2n) is 1.09. The third kappa shape index (κ3) is 1.76. The molecule has 35 valence electrons. The second-order valence-corrected chi connectivity index (χ2v) is 1.09. The van der Waals surface area contributed by atoms with Crippen LogP contribution in [-0.4, -0.2) is 10.9 Å². The highest BCUT2D eigenvalue weighted by molar-refractivity contribution is 5.81. The lowest BCUT2D eigenvalue weighted by molar-refractivity contribution is 0.318. The van der Waals surface area contributed by atoms with Crippen molar-refractivity contribution in [2.75, 3.05) is 0 Å². The van der Waals surface area contributed by atoms with Crippen LogP contribution in [0.15, 0.2) is 5.16 Å². The van der Waals surface area contributed by atoms with E-state index in [-0.39, 0.29) is 0 Å². The normalized spacial score (nSPS) is 12.0. The van der Waals surface area contributed by atoms with E-state index in [2.05, 4.69) is 12.1 Å². The minimum atomic E-state index is 0.580. The molecule has 0 amide bonds. The molecular formula is C4H8NO. The molecule has 1 radical (unpaired) electrons. The molecule has 0 saturated carbocycles. The molecule has 0 atom stereocenters. The number of nitrogens with zero attached hydrogens (tertiary/aromatic N) is 1. The van der Waals surface area contributed by atoms with E-state index >= 15 is 0 Å². The Morgan fingerprint density at radius 2 is 2.50 bits per heavy atom. The summed E-state index contributed by atoms with van der Waals surface area (Å²) in [5.74, 6) is 0. The summed E-state index contributed by atoms with van der Waals surface area (Å²) in [6.07, 6.45) is 0.580. The monoisotopic (exact) mass is 86.1 g/mol. The van der Waals surface area contributed by atoms with Gasteiger partial charge in [-0.25, -0.2) is 0 Å². The van der Waals surface area contributed by atoms with E-state index in [0.29, 0.717) is 12.1 Å². The van der Waals surface area contributed by atoms with Crippen LogP contribution in [0.2, 0.25) is 0 Å². The van der Waals surface area contributed by atoms with E-state index in [1.54, 1.807) is 6.92 Å². The Hall–Kier alpha value is -0.530. The van der Waals surface area contributed by atoms with Gasteiger partial charge < -0.3 is 5.21 Å². The van der Waals surface area contributed by atoms with Gasteiger partial charge in [-0.3, -0.25) is 0 Å². The molecular weight excluding hydrogens is 78.0 g/mol. The Labute approximate surface area is 37.5 Å². The molecule has 1 N–H and O–H groups in total. The van der Waals surface area contributed by atoms with Gasteiger partial charge in [0, 0.05) is 0 Å². The summed E-state index contributed by atoms with van der Waals surface area (Å²) in [6, 6.07) is 0. The van der Waals surface area contributed by atoms with Crippen molar-refractivity contribution >= 4 is 5.71 Å². The maximum Gasteiger partial charge on any atom is 0.0540 e. The standard InChI is InChI=1S/C4H8NO/c1-3-4(2)5-6/h6H,1,3H2,2H3. The lowest BCUT2D eigenvalue weighted by atomic mass is 10.3. The van der Waals surface area contributed by atoms with Crippen LogP contribution in [0, 0.1) is 6.92 Å². The Morgan fingerprint density at radius 1 is 2.00 bits per heavy atom. The smallest absolute Gasteiger partial charge is 0.0540 e. The van der Waals surface area contributed by atoms with E-state index in [1.807, 2.05) is 0 Å². The molecule has 2 heteroatoms. The van der Waals surface area contributed by atoms with Gasteiger partial charge in [-0.1, -0.05) is 5.16 Å². The quantitative estimate of drug-likeness (QED) is 0.289. The summed E-state index contributed by atoms with van der Waals surface area (Å²) in [5.41, 5.74) is 0.662. The Balaban J connectivity index is 3.22. The summed E-state index contributed by atoms with van der Waals surface area (Å²) >= 11 is 0. The topological polar surface area (TPSA) is 32.6 Å². The van der Waals surface area contributed by atoms with Crippen molar-refractivity contribution in [1.82, 2.24) is 0 Å². The first-order valence-electron chi connectivity index (χ1n) is 1.78. The molecule has 0 bridgehead atoms. The average Bonchev–Trinajstić information content (AvgIpc) is 1.65. The molecule has 0 aliphatic rings. The highest BCUT2D eigenvalue weighted by Crippen LogP contribution is 1.77. The maximum absolute atomic E-state index is 7.88. The first kappa shape index (κ1) is 5.47. The van der Waals surface area contributed by atoms with Crippen molar-refractivity contribution in [2.24, 2.45) is 5.16 Å². The molecule has 0 aliphatic heterocycles. The van der Waals surface area contributed by atoms with Gasteiger partial charge in [0.05, 0.1) is 5.71 Å². The fraction of sp³-hybridized carbons (Fsp3) is 0.500. The molecule has 0 aliphatic carbocycles. The number of rotatable bonds is 1. The number of oxime groups is 1. The molecule has 0 aromatic heterocycles. The predicted molar refractivity (Wildman–Crippen MR) is 24.9 cm³/mol. The number of hydrogen-bond acceptors (Lipinski definition) is 2. The minimum absolute atomic E-state index is 0.580. The summed E-state index contributed by atoms with van der Waals surface area (Å²) in [4.78, 5) is 0. The molecule has 0 aromatic carbocycles. The van der Waals surface area contributed by atoms with Gasteiger partial charge in [0.2, 0.25) is 0 Å². The van der Waals surface area contributed by atoms with E-state index in [0.717, 1.165) is 0 Å². The van der Waals surface area contributed by atoms with Gasteiger partial charge in [-0.15, -0.1) is 0 Å². The molecule has 0 unspecified atom stereocenters. The second kappa shape index (κ2) is 2.69. The van der Waals surface area contributed by atoms with Crippen LogP contribution in [0.25, 0.3) is 0 Å². The Kier molecular flexibility index (Phi) is 2.46. The van der Waals surface area contributed by atoms with Crippen molar-refractivity contribution in [3.8, 4) is 0 Å². The summed E-state index contributed by atoms with van der Waals surface area (Å²) < 4.78 is 0. The van der Waals surface area contributed by atoms with Gasteiger partial charge >= 0.3 is 0 Å². The molecule has 0 fully saturated rings. The molecule has 0 saturated heterocycles. The van der Waals surface area contributed by atoms with Crippen molar-refractivity contribution in [3.63, 3.8) is 0 Å². The summed E-state index contributed by atoms with van der Waals surface area (Å²) in [5, 5.41) is 10.7. The van der Waals surface area contributed by atoms with Crippen LogP contribution >= 0.6 is 0 Å².